The number of allylic oxidation sites excluding steroid dienone is 2. The molecule has 2 heteroatoms. The number of hydrogen-bond donors (Lipinski definition) is 0. The van der Waals surface area contributed by atoms with Gasteiger partial charge in [0.25, 0.3) is 0 Å². The summed E-state index contributed by atoms with van der Waals surface area (Å²) in [5, 5.41) is 1.02. The predicted molar refractivity (Wildman–Crippen MR) is 62.2 cm³/mol. The van der Waals surface area contributed by atoms with Crippen molar-refractivity contribution < 1.29 is 0 Å². The van der Waals surface area contributed by atoms with Crippen molar-refractivity contribution in [3.05, 3.63) is 11.1 Å². The molecule has 0 saturated heterocycles. The molecule has 0 nitrogen and oxygen atoms in total. The highest BCUT2D eigenvalue weighted by Gasteiger charge is 2.31. The number of halogens is 2. The van der Waals surface area contributed by atoms with Gasteiger partial charge in [0.1, 0.15) is 0 Å². The monoisotopic (exact) mass is 294 g/mol. The molecule has 0 aliphatic heterocycles. The largest absolute Gasteiger partial charge is 0.0880 e. The highest BCUT2D eigenvalue weighted by atomic mass is 79.9. The van der Waals surface area contributed by atoms with Crippen molar-refractivity contribution in [1.82, 2.24) is 0 Å². The number of alkyl halides is 2. The maximum absolute atomic E-state index is 3.71. The lowest BCUT2D eigenvalue weighted by Crippen LogP contribution is -2.26. The van der Waals surface area contributed by atoms with E-state index >= 15 is 0 Å². The Kier molecular flexibility index (Phi) is 3.44. The normalized spacial score (nSPS) is 29.2. The Bertz CT molecular complexity index is 204. The summed E-state index contributed by atoms with van der Waals surface area (Å²) in [4.78, 5) is 0.609. The fourth-order valence-corrected chi connectivity index (χ4v) is 3.57. The van der Waals surface area contributed by atoms with E-state index in [1.54, 1.807) is 5.57 Å². The molecule has 1 rings (SSSR count). The molecule has 0 N–H and O–H groups in total. The predicted octanol–water partition coefficient (Wildman–Crippen LogP) is 4.28. The Morgan fingerprint density at radius 1 is 1.50 bits per heavy atom. The first-order valence-electron chi connectivity index (χ1n) is 4.39. The van der Waals surface area contributed by atoms with Gasteiger partial charge in [-0.1, -0.05) is 56.9 Å². The fraction of sp³-hybridized carbons (Fsp3) is 0.800. The molecule has 70 valence electrons. The smallest absolute Gasteiger partial charge is 0.0355 e. The van der Waals surface area contributed by atoms with E-state index in [4.69, 9.17) is 0 Å². The third-order valence-electron chi connectivity index (χ3n) is 2.92. The Morgan fingerprint density at radius 2 is 2.08 bits per heavy atom. The lowest BCUT2D eigenvalue weighted by atomic mass is 9.73. The van der Waals surface area contributed by atoms with Crippen LogP contribution in [0, 0.1) is 5.41 Å². The van der Waals surface area contributed by atoms with Gasteiger partial charge in [-0.3, -0.25) is 0 Å². The SMILES string of the molecule is CC1=C(CBr)C(C)(C)CCC1Br. The van der Waals surface area contributed by atoms with E-state index in [1.807, 2.05) is 0 Å². The molecule has 0 saturated carbocycles. The van der Waals surface area contributed by atoms with Crippen LogP contribution in [0.2, 0.25) is 0 Å². The molecule has 1 unspecified atom stereocenters. The Hall–Kier alpha value is 0.700. The molecular formula is C10H16Br2. The van der Waals surface area contributed by atoms with E-state index in [0.717, 1.165) is 5.33 Å². The van der Waals surface area contributed by atoms with Crippen LogP contribution in [0.1, 0.15) is 33.6 Å². The van der Waals surface area contributed by atoms with Crippen LogP contribution < -0.4 is 0 Å². The Balaban J connectivity index is 3.01. The van der Waals surface area contributed by atoms with Crippen LogP contribution in [0.4, 0.5) is 0 Å². The van der Waals surface area contributed by atoms with Gasteiger partial charge < -0.3 is 0 Å². The highest BCUT2D eigenvalue weighted by molar-refractivity contribution is 9.09. The average molecular weight is 296 g/mol. The second-order valence-corrected chi connectivity index (χ2v) is 5.85. The Morgan fingerprint density at radius 3 is 2.50 bits per heavy atom. The van der Waals surface area contributed by atoms with E-state index in [-0.39, 0.29) is 0 Å². The van der Waals surface area contributed by atoms with Gasteiger partial charge in [0, 0.05) is 10.2 Å². The molecule has 1 atom stereocenters. The van der Waals surface area contributed by atoms with Gasteiger partial charge in [0.15, 0.2) is 0 Å². The van der Waals surface area contributed by atoms with Crippen LogP contribution in [0.3, 0.4) is 0 Å². The summed E-state index contributed by atoms with van der Waals surface area (Å²) < 4.78 is 0. The van der Waals surface area contributed by atoms with Gasteiger partial charge in [-0.25, -0.2) is 0 Å². The number of hydrogen-bond acceptors (Lipinski definition) is 0. The zero-order chi connectivity index (χ0) is 9.35. The molecule has 12 heavy (non-hydrogen) atoms. The summed E-state index contributed by atoms with van der Waals surface area (Å²) in [6, 6.07) is 0. The van der Waals surface area contributed by atoms with Crippen LogP contribution in [0.15, 0.2) is 11.1 Å². The van der Waals surface area contributed by atoms with Crippen LogP contribution in [-0.4, -0.2) is 10.2 Å². The van der Waals surface area contributed by atoms with Crippen LogP contribution in [0.25, 0.3) is 0 Å². The van der Waals surface area contributed by atoms with Crippen molar-refractivity contribution in [2.75, 3.05) is 5.33 Å². The maximum atomic E-state index is 3.71. The fourth-order valence-electron chi connectivity index (χ4n) is 1.86. The Labute approximate surface area is 92.1 Å². The standard InChI is InChI=1S/C10H16Br2/c1-7-8(6-11)10(2,3)5-4-9(7)12/h9H,4-6H2,1-3H3. The van der Waals surface area contributed by atoms with Gasteiger partial charge in [0.2, 0.25) is 0 Å². The van der Waals surface area contributed by atoms with Crippen LogP contribution >= 0.6 is 31.9 Å². The summed E-state index contributed by atoms with van der Waals surface area (Å²) in [5.41, 5.74) is 3.51. The molecule has 0 fully saturated rings. The zero-order valence-corrected chi connectivity index (χ0v) is 11.1. The van der Waals surface area contributed by atoms with E-state index in [1.165, 1.54) is 18.4 Å². The maximum Gasteiger partial charge on any atom is 0.0355 e. The third-order valence-corrected chi connectivity index (χ3v) is 4.62. The topological polar surface area (TPSA) is 0 Å². The van der Waals surface area contributed by atoms with Crippen molar-refractivity contribution in [3.63, 3.8) is 0 Å². The molecule has 0 bridgehead atoms. The summed E-state index contributed by atoms with van der Waals surface area (Å²) in [6.07, 6.45) is 2.57. The molecule has 0 radical (unpaired) electrons. The minimum Gasteiger partial charge on any atom is -0.0880 e. The number of rotatable bonds is 1. The summed E-state index contributed by atoms with van der Waals surface area (Å²) in [5.74, 6) is 0. The quantitative estimate of drug-likeness (QED) is 0.500. The second-order valence-electron chi connectivity index (χ2n) is 4.19. The van der Waals surface area contributed by atoms with Crippen LogP contribution in [0.5, 0.6) is 0 Å². The lowest BCUT2D eigenvalue weighted by Gasteiger charge is -2.36. The minimum atomic E-state index is 0.401. The van der Waals surface area contributed by atoms with E-state index < -0.39 is 0 Å². The molecule has 0 spiro atoms. The summed E-state index contributed by atoms with van der Waals surface area (Å²) >= 11 is 7.28. The molecule has 1 aliphatic carbocycles. The third kappa shape index (κ3) is 1.95. The molecule has 0 heterocycles. The van der Waals surface area contributed by atoms with Crippen molar-refractivity contribution in [1.29, 1.82) is 0 Å². The molecule has 0 aromatic rings. The van der Waals surface area contributed by atoms with Gasteiger partial charge in [-0.15, -0.1) is 0 Å². The highest BCUT2D eigenvalue weighted by Crippen LogP contribution is 2.42. The van der Waals surface area contributed by atoms with Crippen LogP contribution in [-0.2, 0) is 0 Å². The van der Waals surface area contributed by atoms with E-state index in [0.29, 0.717) is 10.2 Å². The first-order chi connectivity index (χ1) is 5.49. The van der Waals surface area contributed by atoms with Gasteiger partial charge in [-0.05, 0) is 25.2 Å². The van der Waals surface area contributed by atoms with Crippen molar-refractivity contribution in [2.45, 2.75) is 38.4 Å². The average Bonchev–Trinajstić information content (AvgIpc) is 1.99. The summed E-state index contributed by atoms with van der Waals surface area (Å²) in [6.45, 7) is 6.93. The van der Waals surface area contributed by atoms with E-state index in [9.17, 15) is 0 Å². The zero-order valence-electron chi connectivity index (χ0n) is 7.95. The second kappa shape index (κ2) is 3.83. The molecular weight excluding hydrogens is 280 g/mol. The first kappa shape index (κ1) is 10.8. The van der Waals surface area contributed by atoms with Crippen molar-refractivity contribution in [2.24, 2.45) is 5.41 Å². The molecule has 0 aromatic heterocycles. The molecule has 0 aromatic carbocycles. The summed E-state index contributed by atoms with van der Waals surface area (Å²) in [7, 11) is 0. The van der Waals surface area contributed by atoms with Crippen molar-refractivity contribution in [3.8, 4) is 0 Å². The molecule has 1 aliphatic rings. The molecule has 0 amide bonds. The lowest BCUT2D eigenvalue weighted by molar-refractivity contribution is 0.374. The first-order valence-corrected chi connectivity index (χ1v) is 6.43. The van der Waals surface area contributed by atoms with Gasteiger partial charge in [-0.2, -0.15) is 0 Å². The minimum absolute atomic E-state index is 0.401. The van der Waals surface area contributed by atoms with Gasteiger partial charge >= 0.3 is 0 Å². The van der Waals surface area contributed by atoms with E-state index in [2.05, 4.69) is 52.6 Å². The van der Waals surface area contributed by atoms with Crippen molar-refractivity contribution >= 4 is 31.9 Å². The van der Waals surface area contributed by atoms with Gasteiger partial charge in [0.05, 0.1) is 0 Å².